The van der Waals surface area contributed by atoms with Gasteiger partial charge in [-0.3, -0.25) is 9.79 Å². The lowest BCUT2D eigenvalue weighted by Gasteiger charge is -2.26. The van der Waals surface area contributed by atoms with Crippen LogP contribution in [0.3, 0.4) is 0 Å². The van der Waals surface area contributed by atoms with Crippen molar-refractivity contribution in [3.05, 3.63) is 70.2 Å². The van der Waals surface area contributed by atoms with Crippen LogP contribution in [0.15, 0.2) is 53.5 Å². The number of guanidine groups is 1. The molecule has 2 rings (SSSR count). The highest BCUT2D eigenvalue weighted by Gasteiger charge is 2.19. The Morgan fingerprint density at radius 2 is 1.74 bits per heavy atom. The van der Waals surface area contributed by atoms with Crippen LogP contribution in [0.2, 0.25) is 5.02 Å². The van der Waals surface area contributed by atoms with Crippen molar-refractivity contribution in [2.45, 2.75) is 26.7 Å². The maximum absolute atomic E-state index is 12.1. The number of aliphatic imine (C=N–C) groups is 1. The molecule has 0 aromatic heterocycles. The van der Waals surface area contributed by atoms with Crippen LogP contribution in [0.4, 0.5) is 0 Å². The first-order valence-corrected chi connectivity index (χ1v) is 10.6. The first kappa shape index (κ1) is 27.2. The lowest BCUT2D eigenvalue weighted by atomic mass is 9.86. The Hall–Kier alpha value is -1.80. The van der Waals surface area contributed by atoms with Crippen LogP contribution in [0.1, 0.15) is 35.3 Å². The number of nitrogens with zero attached hydrogens (tertiary/aromatic N) is 2. The Balaban J connectivity index is 0.00000480. The average Bonchev–Trinajstić information content (AvgIpc) is 2.69. The molecule has 0 aliphatic carbocycles. The fourth-order valence-electron chi connectivity index (χ4n) is 3.25. The van der Waals surface area contributed by atoms with Gasteiger partial charge in [0.2, 0.25) is 0 Å². The van der Waals surface area contributed by atoms with Crippen molar-refractivity contribution in [3.8, 4) is 0 Å². The van der Waals surface area contributed by atoms with Crippen LogP contribution in [0.5, 0.6) is 0 Å². The third kappa shape index (κ3) is 9.47. The molecule has 0 atom stereocenters. The standard InChI is InChI=1S/C24H33ClN4O.HI/c1-24(2,16-19-9-7-11-21(25)15-19)17-28-23(26-3)27-13-12-18-8-6-10-20(14-18)22(30)29(4)5;/h6-11,14-15H,12-13,16-17H2,1-5H3,(H2,26,27,28);1H. The first-order chi connectivity index (χ1) is 14.2. The summed E-state index contributed by atoms with van der Waals surface area (Å²) in [5, 5.41) is 7.55. The monoisotopic (exact) mass is 556 g/mol. The second-order valence-electron chi connectivity index (χ2n) is 8.47. The second kappa shape index (κ2) is 12.9. The van der Waals surface area contributed by atoms with E-state index >= 15 is 0 Å². The van der Waals surface area contributed by atoms with Crippen LogP contribution in [0, 0.1) is 5.41 Å². The molecule has 0 unspecified atom stereocenters. The number of hydrogen-bond donors (Lipinski definition) is 2. The molecule has 0 aliphatic heterocycles. The topological polar surface area (TPSA) is 56.7 Å². The molecule has 0 fully saturated rings. The van der Waals surface area contributed by atoms with Crippen molar-refractivity contribution in [2.75, 3.05) is 34.2 Å². The summed E-state index contributed by atoms with van der Waals surface area (Å²) in [7, 11) is 5.30. The zero-order valence-corrected chi connectivity index (χ0v) is 22.1. The van der Waals surface area contributed by atoms with Gasteiger partial charge in [-0.2, -0.15) is 0 Å². The van der Waals surface area contributed by atoms with Gasteiger partial charge in [-0.1, -0.05) is 49.7 Å². The molecule has 0 saturated carbocycles. The van der Waals surface area contributed by atoms with Gasteiger partial charge in [-0.25, -0.2) is 0 Å². The Morgan fingerprint density at radius 1 is 1.06 bits per heavy atom. The van der Waals surface area contributed by atoms with E-state index in [4.69, 9.17) is 11.6 Å². The predicted molar refractivity (Wildman–Crippen MR) is 142 cm³/mol. The van der Waals surface area contributed by atoms with E-state index in [1.54, 1.807) is 26.0 Å². The zero-order chi connectivity index (χ0) is 22.1. The molecule has 170 valence electrons. The number of carbonyl (C=O) groups is 1. The van der Waals surface area contributed by atoms with Crippen LogP contribution in [-0.2, 0) is 12.8 Å². The van der Waals surface area contributed by atoms with Crippen molar-refractivity contribution in [1.82, 2.24) is 15.5 Å². The fourth-order valence-corrected chi connectivity index (χ4v) is 3.46. The number of amides is 1. The molecule has 2 aromatic carbocycles. The van der Waals surface area contributed by atoms with Gasteiger partial charge in [-0.15, -0.1) is 24.0 Å². The summed E-state index contributed by atoms with van der Waals surface area (Å²) < 4.78 is 0. The van der Waals surface area contributed by atoms with Gasteiger partial charge in [0.1, 0.15) is 0 Å². The maximum Gasteiger partial charge on any atom is 0.253 e. The van der Waals surface area contributed by atoms with E-state index in [-0.39, 0.29) is 35.3 Å². The number of halogens is 2. The summed E-state index contributed by atoms with van der Waals surface area (Å²) in [6.07, 6.45) is 1.73. The quantitative estimate of drug-likeness (QED) is 0.283. The molecule has 31 heavy (non-hydrogen) atoms. The Kier molecular flexibility index (Phi) is 11.3. The number of benzene rings is 2. The smallest absolute Gasteiger partial charge is 0.253 e. The van der Waals surface area contributed by atoms with Crippen LogP contribution >= 0.6 is 35.6 Å². The largest absolute Gasteiger partial charge is 0.356 e. The third-order valence-electron chi connectivity index (χ3n) is 4.82. The summed E-state index contributed by atoms with van der Waals surface area (Å²) in [6, 6.07) is 15.8. The van der Waals surface area contributed by atoms with Crippen molar-refractivity contribution in [1.29, 1.82) is 0 Å². The molecule has 1 amide bonds. The van der Waals surface area contributed by atoms with Crippen LogP contribution in [0.25, 0.3) is 0 Å². The predicted octanol–water partition coefficient (Wildman–Crippen LogP) is 4.64. The molecule has 0 aliphatic rings. The van der Waals surface area contributed by atoms with Crippen molar-refractivity contribution >= 4 is 47.4 Å². The van der Waals surface area contributed by atoms with Crippen LogP contribution < -0.4 is 10.6 Å². The van der Waals surface area contributed by atoms with Gasteiger partial charge in [0.05, 0.1) is 0 Å². The SMILES string of the molecule is CN=C(NCCc1cccc(C(=O)N(C)C)c1)NCC(C)(C)Cc1cccc(Cl)c1.I. The van der Waals surface area contributed by atoms with Gasteiger partial charge >= 0.3 is 0 Å². The van der Waals surface area contributed by atoms with E-state index in [1.807, 2.05) is 42.5 Å². The third-order valence-corrected chi connectivity index (χ3v) is 5.05. The van der Waals surface area contributed by atoms with Gasteiger partial charge < -0.3 is 15.5 Å². The summed E-state index contributed by atoms with van der Waals surface area (Å²) in [4.78, 5) is 18.0. The highest BCUT2D eigenvalue weighted by atomic mass is 127. The van der Waals surface area contributed by atoms with E-state index in [0.717, 1.165) is 42.5 Å². The molecule has 2 N–H and O–H groups in total. The maximum atomic E-state index is 12.1. The summed E-state index contributed by atoms with van der Waals surface area (Å²) in [5.41, 5.74) is 3.10. The molecule has 0 radical (unpaired) electrons. The molecule has 2 aromatic rings. The molecular weight excluding hydrogens is 523 g/mol. The lowest BCUT2D eigenvalue weighted by molar-refractivity contribution is 0.0827. The molecule has 0 saturated heterocycles. The first-order valence-electron chi connectivity index (χ1n) is 10.2. The molecule has 0 heterocycles. The lowest BCUT2D eigenvalue weighted by Crippen LogP contribution is -2.43. The minimum absolute atomic E-state index is 0. The molecule has 0 bridgehead atoms. The summed E-state index contributed by atoms with van der Waals surface area (Å²) in [5.74, 6) is 0.791. The number of hydrogen-bond acceptors (Lipinski definition) is 2. The summed E-state index contributed by atoms with van der Waals surface area (Å²) >= 11 is 6.11. The zero-order valence-electron chi connectivity index (χ0n) is 19.0. The second-order valence-corrected chi connectivity index (χ2v) is 8.91. The van der Waals surface area contributed by atoms with E-state index in [2.05, 4.69) is 35.5 Å². The highest BCUT2D eigenvalue weighted by molar-refractivity contribution is 14.0. The summed E-state index contributed by atoms with van der Waals surface area (Å²) in [6.45, 7) is 5.96. The molecular formula is C24H34ClIN4O. The van der Waals surface area contributed by atoms with E-state index in [0.29, 0.717) is 5.56 Å². The van der Waals surface area contributed by atoms with E-state index in [1.165, 1.54) is 5.56 Å². The van der Waals surface area contributed by atoms with Gasteiger partial charge in [-0.05, 0) is 53.6 Å². The Morgan fingerprint density at radius 3 is 2.39 bits per heavy atom. The number of nitrogens with one attached hydrogen (secondary N) is 2. The molecule has 7 heteroatoms. The fraction of sp³-hybridized carbons (Fsp3) is 0.417. The Bertz CT molecular complexity index is 883. The highest BCUT2D eigenvalue weighted by Crippen LogP contribution is 2.22. The van der Waals surface area contributed by atoms with Crippen molar-refractivity contribution < 1.29 is 4.79 Å². The van der Waals surface area contributed by atoms with Gasteiger partial charge in [0.15, 0.2) is 5.96 Å². The normalized spacial score (nSPS) is 11.5. The molecule has 5 nitrogen and oxygen atoms in total. The number of carbonyl (C=O) groups excluding carboxylic acids is 1. The minimum Gasteiger partial charge on any atom is -0.356 e. The minimum atomic E-state index is 0. The number of rotatable bonds is 8. The Labute approximate surface area is 208 Å². The van der Waals surface area contributed by atoms with E-state index in [9.17, 15) is 4.79 Å². The van der Waals surface area contributed by atoms with Crippen molar-refractivity contribution in [3.63, 3.8) is 0 Å². The van der Waals surface area contributed by atoms with Crippen molar-refractivity contribution in [2.24, 2.45) is 10.4 Å². The van der Waals surface area contributed by atoms with Crippen LogP contribution in [-0.4, -0.2) is 51.0 Å². The van der Waals surface area contributed by atoms with Gasteiger partial charge in [0, 0.05) is 44.8 Å². The van der Waals surface area contributed by atoms with E-state index < -0.39 is 0 Å². The molecule has 0 spiro atoms. The van der Waals surface area contributed by atoms with Gasteiger partial charge in [0.25, 0.3) is 5.91 Å². The average molecular weight is 557 g/mol.